The fourth-order valence-electron chi connectivity index (χ4n) is 3.29. The minimum atomic E-state index is -0.103. The molecule has 1 aromatic heterocycles. The van der Waals surface area contributed by atoms with Gasteiger partial charge in [-0.25, -0.2) is 0 Å². The lowest BCUT2D eigenvalue weighted by molar-refractivity contribution is -0.128. The normalized spacial score (nSPS) is 16.2. The first-order chi connectivity index (χ1) is 13.7. The molecular formula is C21H18N4O3. The molecule has 1 unspecified atom stereocenters. The number of hydrogen-bond donors (Lipinski definition) is 0. The van der Waals surface area contributed by atoms with Crippen molar-refractivity contribution in [1.29, 1.82) is 5.26 Å². The number of ether oxygens (including phenoxy) is 1. The standard InChI is InChI=1S/C21H18N4O3/c1-27-18-4-2-3-15(9-18)12-25-13-17(10-19(25)26)20-23-21(28-24-20)16-7-5-14(11-22)6-8-16/h2-9,17H,10,12-13H2,1H3. The number of likely N-dealkylation sites (tertiary alicyclic amines) is 1. The number of aromatic nitrogens is 2. The molecule has 0 aliphatic carbocycles. The fourth-order valence-corrected chi connectivity index (χ4v) is 3.29. The molecule has 1 saturated heterocycles. The Hall–Kier alpha value is -3.66. The van der Waals surface area contributed by atoms with E-state index in [1.807, 2.05) is 24.3 Å². The summed E-state index contributed by atoms with van der Waals surface area (Å²) >= 11 is 0. The van der Waals surface area contributed by atoms with Crippen LogP contribution in [0.4, 0.5) is 0 Å². The smallest absolute Gasteiger partial charge is 0.257 e. The SMILES string of the molecule is COc1cccc(CN2CC(c3noc(-c4ccc(C#N)cc4)n3)CC2=O)c1. The third kappa shape index (κ3) is 3.58. The molecule has 1 aliphatic heterocycles. The Labute approximate surface area is 162 Å². The molecule has 28 heavy (non-hydrogen) atoms. The molecule has 0 spiro atoms. The van der Waals surface area contributed by atoms with Gasteiger partial charge in [0.05, 0.1) is 18.7 Å². The highest BCUT2D eigenvalue weighted by atomic mass is 16.5. The van der Waals surface area contributed by atoms with Gasteiger partial charge in [0.2, 0.25) is 5.91 Å². The van der Waals surface area contributed by atoms with Crippen molar-refractivity contribution in [2.45, 2.75) is 18.9 Å². The van der Waals surface area contributed by atoms with E-state index < -0.39 is 0 Å². The first-order valence-electron chi connectivity index (χ1n) is 8.91. The molecular weight excluding hydrogens is 356 g/mol. The van der Waals surface area contributed by atoms with Crippen LogP contribution >= 0.6 is 0 Å². The molecule has 2 heterocycles. The molecule has 7 heteroatoms. The number of methoxy groups -OCH3 is 1. The van der Waals surface area contributed by atoms with Crippen LogP contribution < -0.4 is 4.74 Å². The molecule has 4 rings (SSSR count). The molecule has 140 valence electrons. The van der Waals surface area contributed by atoms with Crippen LogP contribution in [0.5, 0.6) is 5.75 Å². The van der Waals surface area contributed by atoms with Gasteiger partial charge in [-0.15, -0.1) is 0 Å². The van der Waals surface area contributed by atoms with E-state index in [-0.39, 0.29) is 11.8 Å². The minimum absolute atomic E-state index is 0.0672. The molecule has 0 N–H and O–H groups in total. The van der Waals surface area contributed by atoms with E-state index >= 15 is 0 Å². The zero-order chi connectivity index (χ0) is 19.5. The first kappa shape index (κ1) is 17.7. The average molecular weight is 374 g/mol. The van der Waals surface area contributed by atoms with Crippen molar-refractivity contribution >= 4 is 5.91 Å². The number of nitrogens with zero attached hydrogens (tertiary/aromatic N) is 4. The van der Waals surface area contributed by atoms with Crippen LogP contribution in [0.15, 0.2) is 53.1 Å². The minimum Gasteiger partial charge on any atom is -0.497 e. The highest BCUT2D eigenvalue weighted by molar-refractivity contribution is 5.79. The van der Waals surface area contributed by atoms with Crippen LogP contribution in [0.2, 0.25) is 0 Å². The molecule has 0 bridgehead atoms. The predicted molar refractivity (Wildman–Crippen MR) is 100 cm³/mol. The highest BCUT2D eigenvalue weighted by Gasteiger charge is 2.33. The van der Waals surface area contributed by atoms with E-state index in [0.29, 0.717) is 36.8 Å². The second-order valence-corrected chi connectivity index (χ2v) is 6.67. The number of carbonyl (C=O) groups excluding carboxylic acids is 1. The summed E-state index contributed by atoms with van der Waals surface area (Å²) in [4.78, 5) is 18.7. The van der Waals surface area contributed by atoms with Crippen molar-refractivity contribution in [2.24, 2.45) is 0 Å². The Bertz CT molecular complexity index is 1040. The Balaban J connectivity index is 1.46. The van der Waals surface area contributed by atoms with Crippen molar-refractivity contribution in [3.05, 3.63) is 65.5 Å². The molecule has 0 saturated carbocycles. The number of nitriles is 1. The van der Waals surface area contributed by atoms with Crippen LogP contribution in [0.25, 0.3) is 11.5 Å². The molecule has 2 aromatic carbocycles. The molecule has 7 nitrogen and oxygen atoms in total. The Kier molecular flexibility index (Phi) is 4.77. The zero-order valence-electron chi connectivity index (χ0n) is 15.3. The largest absolute Gasteiger partial charge is 0.497 e. The van der Waals surface area contributed by atoms with Crippen molar-refractivity contribution in [1.82, 2.24) is 15.0 Å². The second-order valence-electron chi connectivity index (χ2n) is 6.67. The number of hydrogen-bond acceptors (Lipinski definition) is 6. The van der Waals surface area contributed by atoms with Gasteiger partial charge in [0, 0.05) is 31.0 Å². The quantitative estimate of drug-likeness (QED) is 0.681. The van der Waals surface area contributed by atoms with Crippen LogP contribution in [-0.4, -0.2) is 34.6 Å². The Morgan fingerprint density at radius 2 is 2.11 bits per heavy atom. The maximum Gasteiger partial charge on any atom is 0.257 e. The van der Waals surface area contributed by atoms with Gasteiger partial charge in [0.25, 0.3) is 5.89 Å². The average Bonchev–Trinajstić information content (AvgIpc) is 3.36. The van der Waals surface area contributed by atoms with Crippen molar-refractivity contribution in [3.8, 4) is 23.3 Å². The van der Waals surface area contributed by atoms with Gasteiger partial charge in [0.15, 0.2) is 5.82 Å². The zero-order valence-corrected chi connectivity index (χ0v) is 15.3. The summed E-state index contributed by atoms with van der Waals surface area (Å²) < 4.78 is 10.6. The van der Waals surface area contributed by atoms with Crippen LogP contribution in [-0.2, 0) is 11.3 Å². The highest BCUT2D eigenvalue weighted by Crippen LogP contribution is 2.29. The Morgan fingerprint density at radius 3 is 2.86 bits per heavy atom. The maximum absolute atomic E-state index is 12.4. The van der Waals surface area contributed by atoms with Crippen LogP contribution in [0.1, 0.15) is 29.3 Å². The van der Waals surface area contributed by atoms with E-state index in [4.69, 9.17) is 14.5 Å². The van der Waals surface area contributed by atoms with Gasteiger partial charge >= 0.3 is 0 Å². The summed E-state index contributed by atoms with van der Waals surface area (Å²) in [5, 5.41) is 13.0. The van der Waals surface area contributed by atoms with Gasteiger partial charge in [-0.2, -0.15) is 10.2 Å². The van der Waals surface area contributed by atoms with E-state index in [9.17, 15) is 4.79 Å². The summed E-state index contributed by atoms with van der Waals surface area (Å²) in [6, 6.07) is 16.7. The lowest BCUT2D eigenvalue weighted by atomic mass is 10.1. The molecule has 1 amide bonds. The Morgan fingerprint density at radius 1 is 1.29 bits per heavy atom. The van der Waals surface area contributed by atoms with E-state index in [1.54, 1.807) is 36.3 Å². The molecule has 0 radical (unpaired) electrons. The number of rotatable bonds is 5. The van der Waals surface area contributed by atoms with Crippen LogP contribution in [0, 0.1) is 11.3 Å². The van der Waals surface area contributed by atoms with Crippen LogP contribution in [0.3, 0.4) is 0 Å². The van der Waals surface area contributed by atoms with Gasteiger partial charge in [-0.05, 0) is 42.0 Å². The summed E-state index contributed by atoms with van der Waals surface area (Å²) in [7, 11) is 1.62. The summed E-state index contributed by atoms with van der Waals surface area (Å²) in [5.41, 5.74) is 2.33. The van der Waals surface area contributed by atoms with Crippen molar-refractivity contribution in [3.63, 3.8) is 0 Å². The number of carbonyl (C=O) groups is 1. The van der Waals surface area contributed by atoms with E-state index in [0.717, 1.165) is 16.9 Å². The topological polar surface area (TPSA) is 92.2 Å². The predicted octanol–water partition coefficient (Wildman–Crippen LogP) is 3.13. The summed E-state index contributed by atoms with van der Waals surface area (Å²) in [6.45, 7) is 1.06. The first-order valence-corrected chi connectivity index (χ1v) is 8.91. The third-order valence-corrected chi connectivity index (χ3v) is 4.79. The van der Waals surface area contributed by atoms with Gasteiger partial charge in [-0.1, -0.05) is 17.3 Å². The second kappa shape index (κ2) is 7.53. The van der Waals surface area contributed by atoms with E-state index in [2.05, 4.69) is 16.2 Å². The monoisotopic (exact) mass is 374 g/mol. The molecule has 1 atom stereocenters. The summed E-state index contributed by atoms with van der Waals surface area (Å²) in [5.74, 6) is 1.65. The lowest BCUT2D eigenvalue weighted by Crippen LogP contribution is -2.24. The summed E-state index contributed by atoms with van der Waals surface area (Å²) in [6.07, 6.45) is 0.357. The van der Waals surface area contributed by atoms with E-state index in [1.165, 1.54) is 0 Å². The van der Waals surface area contributed by atoms with Gasteiger partial charge in [-0.3, -0.25) is 4.79 Å². The van der Waals surface area contributed by atoms with Gasteiger partial charge < -0.3 is 14.2 Å². The maximum atomic E-state index is 12.4. The fraction of sp³-hybridized carbons (Fsp3) is 0.238. The number of benzene rings is 2. The van der Waals surface area contributed by atoms with Gasteiger partial charge in [0.1, 0.15) is 5.75 Å². The lowest BCUT2D eigenvalue weighted by Gasteiger charge is -2.16. The third-order valence-electron chi connectivity index (χ3n) is 4.79. The molecule has 1 aliphatic rings. The number of amides is 1. The molecule has 3 aromatic rings. The van der Waals surface area contributed by atoms with Crippen molar-refractivity contribution in [2.75, 3.05) is 13.7 Å². The van der Waals surface area contributed by atoms with Crippen molar-refractivity contribution < 1.29 is 14.1 Å². The molecule has 1 fully saturated rings.